The van der Waals surface area contributed by atoms with E-state index < -0.39 is 0 Å². The van der Waals surface area contributed by atoms with Crippen LogP contribution in [0.15, 0.2) is 0 Å². The fourth-order valence-electron chi connectivity index (χ4n) is 1.37. The number of hydrogen-bond donors (Lipinski definition) is 2. The van der Waals surface area contributed by atoms with E-state index >= 15 is 0 Å². The molecule has 1 rings (SSSR count). The Balaban J connectivity index is 2.20. The van der Waals surface area contributed by atoms with Gasteiger partial charge in [0, 0.05) is 6.54 Å². The lowest BCUT2D eigenvalue weighted by Crippen LogP contribution is -2.46. The van der Waals surface area contributed by atoms with E-state index in [1.54, 1.807) is 0 Å². The van der Waals surface area contributed by atoms with Crippen molar-refractivity contribution >= 4 is 5.91 Å². The molecule has 0 spiro atoms. The number of nitrogens with one attached hydrogen (secondary N) is 1. The zero-order valence-electron chi connectivity index (χ0n) is 8.49. The van der Waals surface area contributed by atoms with Crippen molar-refractivity contribution in [3.63, 3.8) is 0 Å². The molecule has 1 saturated heterocycles. The smallest absolute Gasteiger partial charge is 0.234 e. The van der Waals surface area contributed by atoms with E-state index in [9.17, 15) is 4.79 Å². The topological polar surface area (TPSA) is 73.6 Å². The minimum absolute atomic E-state index is 0.0390. The van der Waals surface area contributed by atoms with Crippen LogP contribution in [0.5, 0.6) is 0 Å². The molecule has 5 nitrogen and oxygen atoms in total. The van der Waals surface area contributed by atoms with Gasteiger partial charge in [-0.3, -0.25) is 4.79 Å². The number of amides is 1. The van der Waals surface area contributed by atoms with Crippen LogP contribution in [-0.2, 0) is 14.3 Å². The van der Waals surface area contributed by atoms with E-state index in [4.69, 9.17) is 15.2 Å². The molecule has 0 aromatic carbocycles. The summed E-state index contributed by atoms with van der Waals surface area (Å²) in [5, 5.41) is 3.06. The molecule has 2 atom stereocenters. The fraction of sp³-hybridized carbons (Fsp3) is 0.889. The van der Waals surface area contributed by atoms with Crippen molar-refractivity contribution in [1.29, 1.82) is 0 Å². The lowest BCUT2D eigenvalue weighted by atomic mass is 10.2. The van der Waals surface area contributed by atoms with E-state index in [0.717, 1.165) is 0 Å². The summed E-state index contributed by atoms with van der Waals surface area (Å²) in [7, 11) is 0. The second kappa shape index (κ2) is 5.95. The van der Waals surface area contributed by atoms with Gasteiger partial charge in [-0.15, -0.1) is 0 Å². The number of primary amides is 1. The van der Waals surface area contributed by atoms with Gasteiger partial charge in [-0.05, 0) is 6.42 Å². The molecule has 1 amide bonds. The normalized spacial score (nSPS) is 24.5. The van der Waals surface area contributed by atoms with Crippen LogP contribution in [-0.4, -0.2) is 44.4 Å². The molecule has 1 aliphatic rings. The molecule has 0 saturated carbocycles. The van der Waals surface area contributed by atoms with Crippen molar-refractivity contribution in [1.82, 2.24) is 5.32 Å². The van der Waals surface area contributed by atoms with Crippen molar-refractivity contribution in [2.75, 3.05) is 26.4 Å². The van der Waals surface area contributed by atoms with Crippen molar-refractivity contribution in [2.45, 2.75) is 25.5 Å². The molecule has 82 valence electrons. The highest BCUT2D eigenvalue weighted by molar-refractivity contribution is 5.79. The first-order chi connectivity index (χ1) is 6.74. The van der Waals surface area contributed by atoms with Crippen LogP contribution in [0.1, 0.15) is 13.3 Å². The zero-order valence-corrected chi connectivity index (χ0v) is 8.49. The fourth-order valence-corrected chi connectivity index (χ4v) is 1.37. The van der Waals surface area contributed by atoms with Crippen LogP contribution in [0.2, 0.25) is 0 Å². The molecule has 2 unspecified atom stereocenters. The highest BCUT2D eigenvalue weighted by Crippen LogP contribution is 2.00. The maximum atomic E-state index is 10.9. The lowest BCUT2D eigenvalue weighted by molar-refractivity contribution is -0.120. The summed E-state index contributed by atoms with van der Waals surface area (Å²) < 4.78 is 10.6. The first-order valence-corrected chi connectivity index (χ1v) is 4.96. The molecule has 0 bridgehead atoms. The molecule has 0 aromatic heterocycles. The SMILES string of the molecule is CCC(NCC1COCCO1)C(N)=O. The van der Waals surface area contributed by atoms with Crippen LogP contribution in [0, 0.1) is 0 Å². The van der Waals surface area contributed by atoms with Gasteiger partial charge in [-0.2, -0.15) is 0 Å². The Hall–Kier alpha value is -0.650. The summed E-state index contributed by atoms with van der Waals surface area (Å²) >= 11 is 0. The van der Waals surface area contributed by atoms with Gasteiger partial charge in [0.25, 0.3) is 0 Å². The second-order valence-corrected chi connectivity index (χ2v) is 3.34. The van der Waals surface area contributed by atoms with Gasteiger partial charge in [-0.25, -0.2) is 0 Å². The van der Waals surface area contributed by atoms with Crippen molar-refractivity contribution in [3.8, 4) is 0 Å². The average Bonchev–Trinajstić information content (AvgIpc) is 2.20. The summed E-state index contributed by atoms with van der Waals surface area (Å²) in [6.07, 6.45) is 0.736. The first-order valence-electron chi connectivity index (χ1n) is 4.96. The molecule has 1 fully saturated rings. The van der Waals surface area contributed by atoms with E-state index in [-0.39, 0.29) is 18.1 Å². The minimum atomic E-state index is -0.316. The van der Waals surface area contributed by atoms with Gasteiger partial charge >= 0.3 is 0 Å². The molecule has 0 aliphatic carbocycles. The summed E-state index contributed by atoms with van der Waals surface area (Å²) in [6.45, 7) is 4.40. The summed E-state index contributed by atoms with van der Waals surface area (Å²) in [5.74, 6) is -0.316. The molecule has 14 heavy (non-hydrogen) atoms. The monoisotopic (exact) mass is 202 g/mol. The maximum Gasteiger partial charge on any atom is 0.234 e. The average molecular weight is 202 g/mol. The van der Waals surface area contributed by atoms with E-state index in [1.807, 2.05) is 6.92 Å². The quantitative estimate of drug-likeness (QED) is 0.615. The number of rotatable bonds is 5. The first kappa shape index (κ1) is 11.4. The highest BCUT2D eigenvalue weighted by atomic mass is 16.6. The Morgan fingerprint density at radius 2 is 2.43 bits per heavy atom. The Bertz CT molecular complexity index is 181. The highest BCUT2D eigenvalue weighted by Gasteiger charge is 2.17. The molecule has 0 aromatic rings. The van der Waals surface area contributed by atoms with Crippen molar-refractivity contribution < 1.29 is 14.3 Å². The van der Waals surface area contributed by atoms with Gasteiger partial charge in [0.15, 0.2) is 0 Å². The minimum Gasteiger partial charge on any atom is -0.376 e. The van der Waals surface area contributed by atoms with Crippen LogP contribution < -0.4 is 11.1 Å². The molecular formula is C9H18N2O3. The molecule has 3 N–H and O–H groups in total. The summed E-state index contributed by atoms with van der Waals surface area (Å²) in [6, 6.07) is -0.263. The van der Waals surface area contributed by atoms with Crippen molar-refractivity contribution in [2.24, 2.45) is 5.73 Å². The molecule has 0 radical (unpaired) electrons. The van der Waals surface area contributed by atoms with Crippen molar-refractivity contribution in [3.05, 3.63) is 0 Å². The van der Waals surface area contributed by atoms with E-state index in [1.165, 1.54) is 0 Å². The third-order valence-electron chi connectivity index (χ3n) is 2.23. The summed E-state index contributed by atoms with van der Waals surface area (Å²) in [5.41, 5.74) is 5.19. The summed E-state index contributed by atoms with van der Waals surface area (Å²) in [4.78, 5) is 10.9. The number of ether oxygens (including phenoxy) is 2. The molecular weight excluding hydrogens is 184 g/mol. The molecule has 5 heteroatoms. The van der Waals surface area contributed by atoms with E-state index in [2.05, 4.69) is 5.32 Å². The Kier molecular flexibility index (Phi) is 4.86. The van der Waals surface area contributed by atoms with Gasteiger partial charge < -0.3 is 20.5 Å². The van der Waals surface area contributed by atoms with Crippen LogP contribution in [0.4, 0.5) is 0 Å². The Labute approximate surface area is 83.9 Å². The predicted octanol–water partition coefficient (Wildman–Crippen LogP) is -0.745. The molecule has 1 aliphatic heterocycles. The molecule has 1 heterocycles. The third kappa shape index (κ3) is 3.61. The number of nitrogens with two attached hydrogens (primary N) is 1. The number of hydrogen-bond acceptors (Lipinski definition) is 4. The predicted molar refractivity (Wildman–Crippen MR) is 51.8 cm³/mol. The van der Waals surface area contributed by atoms with Gasteiger partial charge in [0.2, 0.25) is 5.91 Å². The van der Waals surface area contributed by atoms with Gasteiger partial charge in [0.05, 0.1) is 32.0 Å². The van der Waals surface area contributed by atoms with Crippen LogP contribution in [0.3, 0.4) is 0 Å². The second-order valence-electron chi connectivity index (χ2n) is 3.34. The largest absolute Gasteiger partial charge is 0.376 e. The standard InChI is InChI=1S/C9H18N2O3/c1-2-8(9(10)12)11-5-7-6-13-3-4-14-7/h7-8,11H,2-6H2,1H3,(H2,10,12). The zero-order chi connectivity index (χ0) is 10.4. The Morgan fingerprint density at radius 3 is 2.93 bits per heavy atom. The third-order valence-corrected chi connectivity index (χ3v) is 2.23. The lowest BCUT2D eigenvalue weighted by Gasteiger charge is -2.24. The van der Waals surface area contributed by atoms with Crippen LogP contribution >= 0.6 is 0 Å². The number of carbonyl (C=O) groups is 1. The number of carbonyl (C=O) groups excluding carboxylic acids is 1. The van der Waals surface area contributed by atoms with Gasteiger partial charge in [0.1, 0.15) is 0 Å². The van der Waals surface area contributed by atoms with E-state index in [0.29, 0.717) is 32.8 Å². The van der Waals surface area contributed by atoms with Crippen LogP contribution in [0.25, 0.3) is 0 Å². The maximum absolute atomic E-state index is 10.9. The van der Waals surface area contributed by atoms with Gasteiger partial charge in [-0.1, -0.05) is 6.92 Å². The Morgan fingerprint density at radius 1 is 1.64 bits per heavy atom.